The van der Waals surface area contributed by atoms with Crippen LogP contribution in [-0.4, -0.2) is 18.1 Å². The molecule has 2 aromatic carbocycles. The molecule has 0 amide bonds. The summed E-state index contributed by atoms with van der Waals surface area (Å²) in [6, 6.07) is 12.1. The number of pyridine rings is 1. The molecule has 0 aliphatic heterocycles. The molecule has 3 aromatic rings. The van der Waals surface area contributed by atoms with E-state index in [1.165, 1.54) is 19.2 Å². The molecule has 1 heterocycles. The quantitative estimate of drug-likeness (QED) is 0.660. The first-order valence-corrected chi connectivity index (χ1v) is 8.57. The molecule has 26 heavy (non-hydrogen) atoms. The molecule has 4 rings (SSSR count). The van der Waals surface area contributed by atoms with E-state index in [4.69, 9.17) is 9.47 Å². The van der Waals surface area contributed by atoms with Crippen LogP contribution in [0.3, 0.4) is 0 Å². The summed E-state index contributed by atoms with van der Waals surface area (Å²) in [7, 11) is 1.41. The number of carbonyl (C=O) groups is 1. The van der Waals surface area contributed by atoms with Gasteiger partial charge in [0.1, 0.15) is 6.61 Å². The third-order valence-corrected chi connectivity index (χ3v) is 4.71. The van der Waals surface area contributed by atoms with Crippen LogP contribution >= 0.6 is 0 Å². The first-order valence-electron chi connectivity index (χ1n) is 8.57. The minimum absolute atomic E-state index is 0.00513. The Morgan fingerprint density at radius 2 is 2.04 bits per heavy atom. The fraction of sp³-hybridized carbons (Fsp3) is 0.238. The van der Waals surface area contributed by atoms with Gasteiger partial charge < -0.3 is 9.47 Å². The van der Waals surface area contributed by atoms with E-state index in [1.807, 2.05) is 24.3 Å². The van der Waals surface area contributed by atoms with Gasteiger partial charge in [-0.15, -0.1) is 0 Å². The Morgan fingerprint density at radius 1 is 1.19 bits per heavy atom. The normalized spacial score (nSPS) is 12.8. The van der Waals surface area contributed by atoms with Crippen LogP contribution in [0.4, 0.5) is 4.39 Å². The fourth-order valence-electron chi connectivity index (χ4n) is 3.46. The highest BCUT2D eigenvalue weighted by Gasteiger charge is 2.24. The van der Waals surface area contributed by atoms with Gasteiger partial charge in [0.15, 0.2) is 11.6 Å². The summed E-state index contributed by atoms with van der Waals surface area (Å²) >= 11 is 0. The highest BCUT2D eigenvalue weighted by Crippen LogP contribution is 2.30. The van der Waals surface area contributed by atoms with Crippen LogP contribution in [0.25, 0.3) is 10.9 Å². The molecular formula is C21H18FNO3. The number of para-hydroxylation sites is 1. The average molecular weight is 351 g/mol. The maximum Gasteiger partial charge on any atom is 0.339 e. The third kappa shape index (κ3) is 2.90. The number of ether oxygens (including phenoxy) is 2. The number of benzene rings is 2. The van der Waals surface area contributed by atoms with Gasteiger partial charge in [0.05, 0.1) is 18.2 Å². The number of methoxy groups -OCH3 is 1. The summed E-state index contributed by atoms with van der Waals surface area (Å²) in [5.74, 6) is -0.702. The van der Waals surface area contributed by atoms with Gasteiger partial charge in [0, 0.05) is 11.1 Å². The zero-order valence-corrected chi connectivity index (χ0v) is 14.4. The lowest BCUT2D eigenvalue weighted by Crippen LogP contribution is -2.10. The van der Waals surface area contributed by atoms with Crippen LogP contribution in [0.2, 0.25) is 0 Å². The summed E-state index contributed by atoms with van der Waals surface area (Å²) in [5.41, 5.74) is 3.93. The van der Waals surface area contributed by atoms with E-state index < -0.39 is 11.8 Å². The van der Waals surface area contributed by atoms with E-state index in [2.05, 4.69) is 4.98 Å². The van der Waals surface area contributed by atoms with Crippen molar-refractivity contribution in [1.29, 1.82) is 0 Å². The largest absolute Gasteiger partial charge is 0.494 e. The Kier molecular flexibility index (Phi) is 4.29. The zero-order valence-electron chi connectivity index (χ0n) is 14.4. The number of rotatable bonds is 4. The first-order chi connectivity index (χ1) is 12.7. The van der Waals surface area contributed by atoms with Crippen molar-refractivity contribution in [2.24, 2.45) is 0 Å². The number of aryl methyl sites for hydroxylation is 1. The molecule has 4 nitrogen and oxygen atoms in total. The lowest BCUT2D eigenvalue weighted by atomic mass is 10.0. The molecule has 0 spiro atoms. The number of hydrogen-bond acceptors (Lipinski definition) is 4. The molecule has 1 aliphatic rings. The van der Waals surface area contributed by atoms with Gasteiger partial charge in [-0.3, -0.25) is 4.98 Å². The Bertz CT molecular complexity index is 1000. The van der Waals surface area contributed by atoms with Crippen LogP contribution in [0, 0.1) is 5.82 Å². The molecule has 132 valence electrons. The lowest BCUT2D eigenvalue weighted by Gasteiger charge is -2.12. The van der Waals surface area contributed by atoms with Crippen molar-refractivity contribution >= 4 is 16.9 Å². The van der Waals surface area contributed by atoms with Crippen LogP contribution in [-0.2, 0) is 24.2 Å². The smallest absolute Gasteiger partial charge is 0.339 e. The number of esters is 1. The lowest BCUT2D eigenvalue weighted by molar-refractivity contribution is 0.0473. The zero-order chi connectivity index (χ0) is 18.1. The predicted molar refractivity (Wildman–Crippen MR) is 95.8 cm³/mol. The van der Waals surface area contributed by atoms with Crippen molar-refractivity contribution in [3.8, 4) is 5.75 Å². The van der Waals surface area contributed by atoms with Gasteiger partial charge in [-0.2, -0.15) is 0 Å². The molecule has 0 N–H and O–H groups in total. The standard InChI is InChI=1S/C21H18FNO3/c1-25-19-10-9-13(11-16(19)22)12-26-21(24)20-14-5-2-3-7-17(14)23-18-8-4-6-15(18)20/h2-3,5,7,9-11H,4,6,8,12H2,1H3. The second-order valence-electron chi connectivity index (χ2n) is 6.33. The van der Waals surface area contributed by atoms with Gasteiger partial charge in [0.25, 0.3) is 0 Å². The monoisotopic (exact) mass is 351 g/mol. The minimum Gasteiger partial charge on any atom is -0.494 e. The molecule has 0 saturated carbocycles. The molecule has 0 atom stereocenters. The van der Waals surface area contributed by atoms with E-state index >= 15 is 0 Å². The topological polar surface area (TPSA) is 48.4 Å². The van der Waals surface area contributed by atoms with Crippen LogP contribution in [0.1, 0.15) is 33.6 Å². The van der Waals surface area contributed by atoms with Crippen molar-refractivity contribution in [2.75, 3.05) is 7.11 Å². The average Bonchev–Trinajstić information content (AvgIpc) is 3.12. The number of halogens is 1. The highest BCUT2D eigenvalue weighted by atomic mass is 19.1. The number of fused-ring (bicyclic) bond motifs is 2. The molecule has 0 radical (unpaired) electrons. The predicted octanol–water partition coefficient (Wildman–Crippen LogP) is 4.23. The van der Waals surface area contributed by atoms with Crippen molar-refractivity contribution < 1.29 is 18.7 Å². The molecule has 0 fully saturated rings. The number of aromatic nitrogens is 1. The molecule has 1 aliphatic carbocycles. The van der Waals surface area contributed by atoms with E-state index in [0.717, 1.165) is 41.4 Å². The van der Waals surface area contributed by atoms with Crippen molar-refractivity contribution in [3.63, 3.8) is 0 Å². The summed E-state index contributed by atoms with van der Waals surface area (Å²) < 4.78 is 24.2. The number of hydrogen-bond donors (Lipinski definition) is 0. The molecular weight excluding hydrogens is 333 g/mol. The van der Waals surface area contributed by atoms with Crippen molar-refractivity contribution in [1.82, 2.24) is 4.98 Å². The maximum atomic E-state index is 13.8. The summed E-state index contributed by atoms with van der Waals surface area (Å²) in [6.07, 6.45) is 2.70. The van der Waals surface area contributed by atoms with E-state index in [-0.39, 0.29) is 12.4 Å². The van der Waals surface area contributed by atoms with Crippen LogP contribution in [0.5, 0.6) is 5.75 Å². The summed E-state index contributed by atoms with van der Waals surface area (Å²) in [6.45, 7) is 0.00513. The Hall–Kier alpha value is -2.95. The Balaban J connectivity index is 1.64. The fourth-order valence-corrected chi connectivity index (χ4v) is 3.46. The summed E-state index contributed by atoms with van der Waals surface area (Å²) in [4.78, 5) is 17.5. The Labute approximate surface area is 150 Å². The maximum absolute atomic E-state index is 13.8. The second-order valence-corrected chi connectivity index (χ2v) is 6.33. The van der Waals surface area contributed by atoms with Crippen molar-refractivity contribution in [2.45, 2.75) is 25.9 Å². The van der Waals surface area contributed by atoms with Gasteiger partial charge in [-0.25, -0.2) is 9.18 Å². The SMILES string of the molecule is COc1ccc(COC(=O)c2c3c(nc4ccccc24)CCC3)cc1F. The highest BCUT2D eigenvalue weighted by molar-refractivity contribution is 6.05. The number of carbonyl (C=O) groups excluding carboxylic acids is 1. The number of nitrogens with zero attached hydrogens (tertiary/aromatic N) is 1. The van der Waals surface area contributed by atoms with Gasteiger partial charge in [-0.05, 0) is 48.6 Å². The van der Waals surface area contributed by atoms with Gasteiger partial charge >= 0.3 is 5.97 Å². The summed E-state index contributed by atoms with van der Waals surface area (Å²) in [5, 5.41) is 0.805. The molecule has 0 unspecified atom stereocenters. The van der Waals surface area contributed by atoms with Gasteiger partial charge in [-0.1, -0.05) is 24.3 Å². The Morgan fingerprint density at radius 3 is 2.85 bits per heavy atom. The van der Waals surface area contributed by atoms with Gasteiger partial charge in [0.2, 0.25) is 0 Å². The van der Waals surface area contributed by atoms with Crippen LogP contribution < -0.4 is 4.74 Å². The molecule has 1 aromatic heterocycles. The van der Waals surface area contributed by atoms with Crippen LogP contribution in [0.15, 0.2) is 42.5 Å². The first kappa shape index (κ1) is 16.5. The minimum atomic E-state index is -0.476. The molecule has 0 bridgehead atoms. The van der Waals surface area contributed by atoms with E-state index in [9.17, 15) is 9.18 Å². The van der Waals surface area contributed by atoms with Crippen molar-refractivity contribution in [3.05, 3.63) is 70.7 Å². The van der Waals surface area contributed by atoms with E-state index in [0.29, 0.717) is 11.1 Å². The second kappa shape index (κ2) is 6.75. The van der Waals surface area contributed by atoms with E-state index in [1.54, 1.807) is 6.07 Å². The molecule has 5 heteroatoms. The third-order valence-electron chi connectivity index (χ3n) is 4.71. The molecule has 0 saturated heterocycles.